The van der Waals surface area contributed by atoms with Gasteiger partial charge in [0.15, 0.2) is 0 Å². The Balaban J connectivity index is 1.87. The number of nitrogens with zero attached hydrogens (tertiary/aromatic N) is 2. The zero-order valence-corrected chi connectivity index (χ0v) is 13.4. The normalized spacial score (nSPS) is 14.5. The van der Waals surface area contributed by atoms with Crippen LogP contribution >= 0.6 is 0 Å². The Labute approximate surface area is 130 Å². The highest BCUT2D eigenvalue weighted by Crippen LogP contribution is 2.41. The first kappa shape index (κ1) is 15.0. The summed E-state index contributed by atoms with van der Waals surface area (Å²) in [6.07, 6.45) is 2.89. The van der Waals surface area contributed by atoms with Crippen molar-refractivity contribution < 1.29 is 4.79 Å². The molecule has 3 rings (SSSR count). The maximum atomic E-state index is 11.9. The lowest BCUT2D eigenvalue weighted by Gasteiger charge is -2.10. The molecule has 0 radical (unpaired) electrons. The van der Waals surface area contributed by atoms with Gasteiger partial charge in [-0.3, -0.25) is 4.79 Å². The number of hydrogen-bond acceptors (Lipinski definition) is 3. The number of carbonyl (C=O) groups excluding carboxylic acids is 1. The number of rotatable bonds is 6. The van der Waals surface area contributed by atoms with Gasteiger partial charge in [0.1, 0.15) is 5.82 Å². The summed E-state index contributed by atoms with van der Waals surface area (Å²) in [5.41, 5.74) is 10.1. The fraction of sp³-hybridized carbons (Fsp3) is 0.529. The minimum absolute atomic E-state index is 0.0536. The van der Waals surface area contributed by atoms with Crippen LogP contribution in [-0.2, 0) is 11.3 Å². The number of hydrogen-bond donors (Lipinski definition) is 2. The molecule has 1 aliphatic carbocycles. The molecule has 5 nitrogen and oxygen atoms in total. The molecule has 0 saturated heterocycles. The van der Waals surface area contributed by atoms with Crippen molar-refractivity contribution in [3.05, 3.63) is 29.1 Å². The molecule has 1 aliphatic rings. The summed E-state index contributed by atoms with van der Waals surface area (Å²) >= 11 is 0. The largest absolute Gasteiger partial charge is 0.355 e. The molecule has 0 spiro atoms. The Bertz CT molecular complexity index is 700. The van der Waals surface area contributed by atoms with Crippen LogP contribution < -0.4 is 11.1 Å². The molecule has 0 bridgehead atoms. The Morgan fingerprint density at radius 1 is 1.36 bits per heavy atom. The van der Waals surface area contributed by atoms with E-state index in [1.807, 2.05) is 0 Å². The van der Waals surface area contributed by atoms with E-state index in [4.69, 9.17) is 10.7 Å². The van der Waals surface area contributed by atoms with E-state index in [-0.39, 0.29) is 5.91 Å². The number of nitrogens with one attached hydrogen (secondary N) is 1. The third kappa shape index (κ3) is 2.99. The van der Waals surface area contributed by atoms with E-state index in [1.54, 1.807) is 0 Å². The summed E-state index contributed by atoms with van der Waals surface area (Å²) < 4.78 is 2.24. The van der Waals surface area contributed by atoms with E-state index in [2.05, 4.69) is 35.9 Å². The van der Waals surface area contributed by atoms with Gasteiger partial charge in [-0.05, 0) is 49.9 Å². The van der Waals surface area contributed by atoms with Crippen molar-refractivity contribution >= 4 is 16.9 Å². The van der Waals surface area contributed by atoms with E-state index in [0.29, 0.717) is 32.0 Å². The van der Waals surface area contributed by atoms with Gasteiger partial charge in [-0.1, -0.05) is 0 Å². The highest BCUT2D eigenvalue weighted by Gasteiger charge is 2.29. The van der Waals surface area contributed by atoms with E-state index in [0.717, 1.165) is 16.9 Å². The van der Waals surface area contributed by atoms with Gasteiger partial charge in [0.05, 0.1) is 11.0 Å². The Kier molecular flexibility index (Phi) is 4.16. The molecule has 1 amide bonds. The van der Waals surface area contributed by atoms with Crippen molar-refractivity contribution in [3.63, 3.8) is 0 Å². The third-order valence-electron chi connectivity index (χ3n) is 4.36. The van der Waals surface area contributed by atoms with Gasteiger partial charge < -0.3 is 15.6 Å². The summed E-state index contributed by atoms with van der Waals surface area (Å²) in [6, 6.07) is 4.35. The second kappa shape index (κ2) is 6.08. The fourth-order valence-electron chi connectivity index (χ4n) is 2.80. The average molecular weight is 300 g/mol. The Hall–Kier alpha value is -1.88. The van der Waals surface area contributed by atoms with Gasteiger partial charge in [0.2, 0.25) is 5.91 Å². The molecule has 5 heteroatoms. The number of benzene rings is 1. The maximum absolute atomic E-state index is 11.9. The predicted octanol–water partition coefficient (Wildman–Crippen LogP) is 2.00. The summed E-state index contributed by atoms with van der Waals surface area (Å²) in [4.78, 5) is 16.7. The number of aryl methyl sites for hydroxylation is 3. The lowest BCUT2D eigenvalue weighted by atomic mass is 10.1. The minimum atomic E-state index is 0.0536. The van der Waals surface area contributed by atoms with Crippen LogP contribution in [0.25, 0.3) is 11.0 Å². The monoisotopic (exact) mass is 300 g/mol. The van der Waals surface area contributed by atoms with Crippen LogP contribution in [0, 0.1) is 13.8 Å². The van der Waals surface area contributed by atoms with Crippen LogP contribution in [0.15, 0.2) is 12.1 Å². The van der Waals surface area contributed by atoms with Gasteiger partial charge in [-0.15, -0.1) is 0 Å². The second-order valence-corrected chi connectivity index (χ2v) is 6.21. The number of carbonyl (C=O) groups is 1. The zero-order chi connectivity index (χ0) is 15.7. The molecule has 0 aliphatic heterocycles. The van der Waals surface area contributed by atoms with E-state index in [9.17, 15) is 4.79 Å². The van der Waals surface area contributed by atoms with Crippen molar-refractivity contribution in [1.29, 1.82) is 0 Å². The van der Waals surface area contributed by atoms with Crippen molar-refractivity contribution in [2.45, 2.75) is 45.6 Å². The van der Waals surface area contributed by atoms with Gasteiger partial charge in [0.25, 0.3) is 0 Å². The van der Waals surface area contributed by atoms with Gasteiger partial charge >= 0.3 is 0 Å². The molecule has 0 atom stereocenters. The molecule has 0 unspecified atom stereocenters. The molecule has 1 saturated carbocycles. The van der Waals surface area contributed by atoms with Crippen molar-refractivity contribution in [1.82, 2.24) is 14.9 Å². The summed E-state index contributed by atoms with van der Waals surface area (Å²) in [7, 11) is 0. The van der Waals surface area contributed by atoms with Gasteiger partial charge in [-0.2, -0.15) is 0 Å². The molecular weight excluding hydrogens is 276 g/mol. The van der Waals surface area contributed by atoms with Crippen LogP contribution in [0.3, 0.4) is 0 Å². The van der Waals surface area contributed by atoms with E-state index < -0.39 is 0 Å². The van der Waals surface area contributed by atoms with Crippen LogP contribution in [0.5, 0.6) is 0 Å². The first-order chi connectivity index (χ1) is 10.6. The van der Waals surface area contributed by atoms with Crippen molar-refractivity contribution in [3.8, 4) is 0 Å². The molecule has 118 valence electrons. The molecule has 1 fully saturated rings. The van der Waals surface area contributed by atoms with Crippen molar-refractivity contribution in [2.24, 2.45) is 5.73 Å². The lowest BCUT2D eigenvalue weighted by Crippen LogP contribution is -2.29. The average Bonchev–Trinajstić information content (AvgIpc) is 3.28. The predicted molar refractivity (Wildman–Crippen MR) is 87.9 cm³/mol. The molecule has 1 aromatic heterocycles. The lowest BCUT2D eigenvalue weighted by molar-refractivity contribution is -0.121. The van der Waals surface area contributed by atoms with E-state index in [1.165, 1.54) is 24.0 Å². The number of amides is 1. The standard InChI is InChI=1S/C17H24N4O/c1-11-9-14-15(10-12(11)2)21(17(20-14)13-3-4-13)8-5-16(22)19-7-6-18/h9-10,13H,3-8,18H2,1-2H3,(H,19,22). The van der Waals surface area contributed by atoms with Gasteiger partial charge in [-0.25, -0.2) is 4.98 Å². The SMILES string of the molecule is Cc1cc2nc(C3CC3)n(CCC(=O)NCCN)c2cc1C. The Morgan fingerprint density at radius 2 is 2.09 bits per heavy atom. The van der Waals surface area contributed by atoms with Crippen LogP contribution in [0.1, 0.15) is 42.1 Å². The number of imidazole rings is 1. The smallest absolute Gasteiger partial charge is 0.221 e. The minimum Gasteiger partial charge on any atom is -0.355 e. The molecule has 3 N–H and O–H groups in total. The highest BCUT2D eigenvalue weighted by molar-refractivity contribution is 5.79. The summed E-state index contributed by atoms with van der Waals surface area (Å²) in [5.74, 6) is 1.77. The first-order valence-electron chi connectivity index (χ1n) is 8.04. The number of nitrogens with two attached hydrogens (primary N) is 1. The van der Waals surface area contributed by atoms with E-state index >= 15 is 0 Å². The molecule has 22 heavy (non-hydrogen) atoms. The first-order valence-corrected chi connectivity index (χ1v) is 8.04. The van der Waals surface area contributed by atoms with Crippen LogP contribution in [-0.4, -0.2) is 28.5 Å². The highest BCUT2D eigenvalue weighted by atomic mass is 16.1. The summed E-state index contributed by atoms with van der Waals surface area (Å²) in [6.45, 7) is 5.94. The molecular formula is C17H24N4O. The Morgan fingerprint density at radius 3 is 2.77 bits per heavy atom. The zero-order valence-electron chi connectivity index (χ0n) is 13.4. The molecule has 1 aromatic carbocycles. The number of fused-ring (bicyclic) bond motifs is 1. The fourth-order valence-corrected chi connectivity index (χ4v) is 2.80. The molecule has 1 heterocycles. The third-order valence-corrected chi connectivity index (χ3v) is 4.36. The quantitative estimate of drug-likeness (QED) is 0.857. The van der Waals surface area contributed by atoms with Crippen LogP contribution in [0.2, 0.25) is 0 Å². The second-order valence-electron chi connectivity index (χ2n) is 6.21. The maximum Gasteiger partial charge on any atom is 0.221 e. The van der Waals surface area contributed by atoms with Crippen molar-refractivity contribution in [2.75, 3.05) is 13.1 Å². The topological polar surface area (TPSA) is 72.9 Å². The summed E-state index contributed by atoms with van der Waals surface area (Å²) in [5, 5.41) is 2.83. The van der Waals surface area contributed by atoms with Gasteiger partial charge in [0, 0.05) is 32.0 Å². The van der Waals surface area contributed by atoms with Crippen LogP contribution in [0.4, 0.5) is 0 Å². The number of aromatic nitrogens is 2. The molecule has 2 aromatic rings.